The highest BCUT2D eigenvalue weighted by Crippen LogP contribution is 2.19. The first-order valence-corrected chi connectivity index (χ1v) is 5.58. The number of nitrogens with zero attached hydrogens (tertiary/aromatic N) is 2. The molecule has 0 unspecified atom stereocenters. The molecule has 4 nitrogen and oxygen atoms in total. The Bertz CT molecular complexity index is 351. The van der Waals surface area contributed by atoms with E-state index in [2.05, 4.69) is 39.0 Å². The molecule has 0 aliphatic rings. The van der Waals surface area contributed by atoms with Crippen LogP contribution in [0.4, 0.5) is 0 Å². The van der Waals surface area contributed by atoms with Crippen LogP contribution in [0, 0.1) is 6.92 Å². The molecule has 0 aromatic carbocycles. The van der Waals surface area contributed by atoms with Gasteiger partial charge in [0.05, 0.1) is 10.2 Å². The van der Waals surface area contributed by atoms with Crippen molar-refractivity contribution in [3.63, 3.8) is 0 Å². The van der Waals surface area contributed by atoms with Crippen LogP contribution in [0.2, 0.25) is 0 Å². The number of aryl methyl sites for hydroxylation is 2. The Morgan fingerprint density at radius 1 is 1.71 bits per heavy atom. The van der Waals surface area contributed by atoms with Crippen molar-refractivity contribution in [2.75, 3.05) is 12.3 Å². The van der Waals surface area contributed by atoms with Crippen LogP contribution in [-0.2, 0) is 7.05 Å². The van der Waals surface area contributed by atoms with Crippen molar-refractivity contribution in [2.24, 2.45) is 7.05 Å². The number of halogens is 1. The van der Waals surface area contributed by atoms with Gasteiger partial charge in [0.1, 0.15) is 5.69 Å². The first-order chi connectivity index (χ1) is 6.57. The molecule has 6 heteroatoms. The summed E-state index contributed by atoms with van der Waals surface area (Å²) >= 11 is 7.35. The number of hydrogen-bond donors (Lipinski definition) is 2. The smallest absolute Gasteiger partial charge is 0.270 e. The van der Waals surface area contributed by atoms with E-state index in [1.54, 1.807) is 11.7 Å². The number of nitrogens with one attached hydrogen (secondary N) is 1. The van der Waals surface area contributed by atoms with E-state index in [-0.39, 0.29) is 5.91 Å². The van der Waals surface area contributed by atoms with Crippen LogP contribution < -0.4 is 5.32 Å². The Morgan fingerprint density at radius 3 is 2.79 bits per heavy atom. The first kappa shape index (κ1) is 11.6. The summed E-state index contributed by atoms with van der Waals surface area (Å²) in [5, 5.41) is 6.87. The number of aromatic nitrogens is 2. The molecule has 1 heterocycles. The van der Waals surface area contributed by atoms with E-state index in [1.807, 2.05) is 6.92 Å². The third-order valence-electron chi connectivity index (χ3n) is 1.76. The maximum absolute atomic E-state index is 11.6. The van der Waals surface area contributed by atoms with Crippen LogP contribution in [0.25, 0.3) is 0 Å². The summed E-state index contributed by atoms with van der Waals surface area (Å²) in [5.74, 6) is 0.495. The monoisotopic (exact) mass is 277 g/mol. The first-order valence-electron chi connectivity index (χ1n) is 4.16. The summed E-state index contributed by atoms with van der Waals surface area (Å²) in [4.78, 5) is 11.6. The van der Waals surface area contributed by atoms with Gasteiger partial charge in [-0.3, -0.25) is 9.48 Å². The minimum Gasteiger partial charge on any atom is -0.350 e. The summed E-state index contributed by atoms with van der Waals surface area (Å²) in [7, 11) is 1.74. The molecule has 14 heavy (non-hydrogen) atoms. The third-order valence-corrected chi connectivity index (χ3v) is 2.93. The molecule has 0 spiro atoms. The summed E-state index contributed by atoms with van der Waals surface area (Å²) < 4.78 is 2.31. The van der Waals surface area contributed by atoms with E-state index < -0.39 is 0 Å². The van der Waals surface area contributed by atoms with Crippen LogP contribution in [0.3, 0.4) is 0 Å². The molecule has 0 aliphatic carbocycles. The van der Waals surface area contributed by atoms with Crippen molar-refractivity contribution in [3.05, 3.63) is 15.9 Å². The predicted octanol–water partition coefficient (Wildman–Crippen LogP) is 1.15. The number of hydrogen-bond acceptors (Lipinski definition) is 3. The fourth-order valence-electron chi connectivity index (χ4n) is 1.13. The van der Waals surface area contributed by atoms with Gasteiger partial charge in [-0.25, -0.2) is 0 Å². The Hall–Kier alpha value is -0.490. The third kappa shape index (κ3) is 2.30. The minimum absolute atomic E-state index is 0.131. The fourth-order valence-corrected chi connectivity index (χ4v) is 1.76. The Morgan fingerprint density at radius 2 is 2.36 bits per heavy atom. The van der Waals surface area contributed by atoms with Gasteiger partial charge in [0.2, 0.25) is 0 Å². The maximum Gasteiger partial charge on any atom is 0.270 e. The topological polar surface area (TPSA) is 46.9 Å². The number of thiol groups is 1. The highest BCUT2D eigenvalue weighted by atomic mass is 79.9. The van der Waals surface area contributed by atoms with Gasteiger partial charge >= 0.3 is 0 Å². The molecule has 1 aromatic rings. The lowest BCUT2D eigenvalue weighted by Gasteiger charge is -2.03. The van der Waals surface area contributed by atoms with Crippen LogP contribution in [0.15, 0.2) is 4.47 Å². The predicted molar refractivity (Wildman–Crippen MR) is 61.8 cm³/mol. The molecule has 1 N–H and O–H groups in total. The zero-order chi connectivity index (χ0) is 10.7. The van der Waals surface area contributed by atoms with Gasteiger partial charge in [0, 0.05) is 19.3 Å². The number of carbonyl (C=O) groups excluding carboxylic acids is 1. The standard InChI is InChI=1S/C8H12BrN3OS/c1-5-6(9)7(12(2)11-5)8(13)10-3-4-14/h14H,3-4H2,1-2H3,(H,10,13). The zero-order valence-electron chi connectivity index (χ0n) is 8.04. The molecule has 1 rings (SSSR count). The Labute approximate surface area is 96.6 Å². The van der Waals surface area contributed by atoms with Gasteiger partial charge in [0.15, 0.2) is 0 Å². The van der Waals surface area contributed by atoms with E-state index in [4.69, 9.17) is 0 Å². The fraction of sp³-hybridized carbons (Fsp3) is 0.500. The SMILES string of the molecule is Cc1nn(C)c(C(=O)NCCS)c1Br. The van der Waals surface area contributed by atoms with Gasteiger partial charge in [-0.05, 0) is 22.9 Å². The molecular weight excluding hydrogens is 266 g/mol. The van der Waals surface area contributed by atoms with Crippen molar-refractivity contribution in [1.82, 2.24) is 15.1 Å². The van der Waals surface area contributed by atoms with E-state index in [0.717, 1.165) is 10.2 Å². The van der Waals surface area contributed by atoms with Crippen molar-refractivity contribution in [1.29, 1.82) is 0 Å². The van der Waals surface area contributed by atoms with Crippen molar-refractivity contribution in [3.8, 4) is 0 Å². The quantitative estimate of drug-likeness (QED) is 0.815. The molecule has 0 aliphatic heterocycles. The molecule has 78 valence electrons. The Kier molecular flexibility index (Phi) is 4.00. The molecule has 0 atom stereocenters. The molecule has 0 bridgehead atoms. The minimum atomic E-state index is -0.131. The summed E-state index contributed by atoms with van der Waals surface area (Å²) in [6.07, 6.45) is 0. The van der Waals surface area contributed by atoms with E-state index in [0.29, 0.717) is 18.0 Å². The zero-order valence-corrected chi connectivity index (χ0v) is 10.5. The average Bonchev–Trinajstić information content (AvgIpc) is 2.38. The molecule has 0 radical (unpaired) electrons. The van der Waals surface area contributed by atoms with Crippen LogP contribution in [0.5, 0.6) is 0 Å². The van der Waals surface area contributed by atoms with Crippen LogP contribution in [-0.4, -0.2) is 28.0 Å². The second kappa shape index (κ2) is 4.84. The van der Waals surface area contributed by atoms with Gasteiger partial charge < -0.3 is 5.32 Å². The van der Waals surface area contributed by atoms with Crippen molar-refractivity contribution >= 4 is 34.5 Å². The van der Waals surface area contributed by atoms with Crippen molar-refractivity contribution in [2.45, 2.75) is 6.92 Å². The molecule has 0 saturated heterocycles. The number of rotatable bonds is 3. The summed E-state index contributed by atoms with van der Waals surface area (Å²) in [5.41, 5.74) is 1.35. The lowest BCUT2D eigenvalue weighted by Crippen LogP contribution is -2.27. The number of carbonyl (C=O) groups is 1. The highest BCUT2D eigenvalue weighted by molar-refractivity contribution is 9.10. The summed E-state index contributed by atoms with van der Waals surface area (Å²) in [6.45, 7) is 2.40. The van der Waals surface area contributed by atoms with Crippen LogP contribution >= 0.6 is 28.6 Å². The van der Waals surface area contributed by atoms with Gasteiger partial charge in [-0.15, -0.1) is 0 Å². The van der Waals surface area contributed by atoms with Crippen LogP contribution in [0.1, 0.15) is 16.2 Å². The molecule has 1 aromatic heterocycles. The van der Waals surface area contributed by atoms with Gasteiger partial charge in [-0.2, -0.15) is 17.7 Å². The molecule has 0 fully saturated rings. The van der Waals surface area contributed by atoms with E-state index in [9.17, 15) is 4.79 Å². The van der Waals surface area contributed by atoms with E-state index >= 15 is 0 Å². The largest absolute Gasteiger partial charge is 0.350 e. The lowest BCUT2D eigenvalue weighted by molar-refractivity contribution is 0.0946. The lowest BCUT2D eigenvalue weighted by atomic mass is 10.3. The molecule has 0 saturated carbocycles. The van der Waals surface area contributed by atoms with Gasteiger partial charge in [0.25, 0.3) is 5.91 Å². The second-order valence-electron chi connectivity index (χ2n) is 2.85. The average molecular weight is 278 g/mol. The normalized spacial score (nSPS) is 10.3. The maximum atomic E-state index is 11.6. The molecule has 1 amide bonds. The Balaban J connectivity index is 2.89. The highest BCUT2D eigenvalue weighted by Gasteiger charge is 2.17. The van der Waals surface area contributed by atoms with Gasteiger partial charge in [-0.1, -0.05) is 0 Å². The van der Waals surface area contributed by atoms with E-state index in [1.165, 1.54) is 0 Å². The molecular formula is C8H12BrN3OS. The van der Waals surface area contributed by atoms with Crippen molar-refractivity contribution < 1.29 is 4.79 Å². The summed E-state index contributed by atoms with van der Waals surface area (Å²) in [6, 6.07) is 0. The second-order valence-corrected chi connectivity index (χ2v) is 4.09. The number of amides is 1.